The number of thiazole rings is 1. The van der Waals surface area contributed by atoms with Crippen molar-refractivity contribution in [1.82, 2.24) is 4.98 Å². The third kappa shape index (κ3) is 2.17. The molecule has 1 unspecified atom stereocenters. The maximum absolute atomic E-state index is 11.4. The average Bonchev–Trinajstić information content (AvgIpc) is 2.39. The molecule has 0 aliphatic heterocycles. The third-order valence-corrected chi connectivity index (χ3v) is 2.91. The minimum absolute atomic E-state index is 0. The molecule has 1 atom stereocenters. The van der Waals surface area contributed by atoms with Gasteiger partial charge in [-0.15, -0.1) is 24.8 Å². The Morgan fingerprint density at radius 2 is 2.07 bits per heavy atom. The fourth-order valence-electron chi connectivity index (χ4n) is 1.32. The van der Waals surface area contributed by atoms with E-state index >= 15 is 0 Å². The Morgan fingerprint density at radius 3 is 2.71 bits per heavy atom. The first kappa shape index (κ1) is 13.6. The van der Waals surface area contributed by atoms with Crippen LogP contribution < -0.4 is 11.5 Å². The van der Waals surface area contributed by atoms with Crippen molar-refractivity contribution in [2.24, 2.45) is 5.73 Å². The second-order valence-electron chi connectivity index (χ2n) is 2.84. The van der Waals surface area contributed by atoms with Crippen LogP contribution in [0.3, 0.4) is 0 Å². The van der Waals surface area contributed by atoms with Crippen LogP contribution in [0.2, 0.25) is 0 Å². The Morgan fingerprint density at radius 1 is 1.43 bits per heavy atom. The molecule has 0 amide bonds. The van der Waals surface area contributed by atoms with Crippen LogP contribution in [0.4, 0.5) is 5.13 Å². The highest BCUT2D eigenvalue weighted by Crippen LogP contribution is 2.27. The SMILES string of the molecule is Cl.Cl.Nc1nc2c(s1)C(=O)C(N)CC2. The molecule has 1 aliphatic rings. The summed E-state index contributed by atoms with van der Waals surface area (Å²) < 4.78 is 0. The van der Waals surface area contributed by atoms with E-state index in [9.17, 15) is 4.79 Å². The lowest BCUT2D eigenvalue weighted by molar-refractivity contribution is 0.0952. The van der Waals surface area contributed by atoms with Crippen LogP contribution in [-0.4, -0.2) is 16.8 Å². The Kier molecular flexibility index (Phi) is 4.80. The summed E-state index contributed by atoms with van der Waals surface area (Å²) in [6.07, 6.45) is 1.46. The molecule has 80 valence electrons. The minimum Gasteiger partial charge on any atom is -0.375 e. The van der Waals surface area contributed by atoms with E-state index in [2.05, 4.69) is 4.98 Å². The maximum Gasteiger partial charge on any atom is 0.191 e. The van der Waals surface area contributed by atoms with Crippen LogP contribution in [-0.2, 0) is 6.42 Å². The summed E-state index contributed by atoms with van der Waals surface area (Å²) in [5.41, 5.74) is 11.9. The van der Waals surface area contributed by atoms with Gasteiger partial charge in [-0.3, -0.25) is 4.79 Å². The maximum atomic E-state index is 11.4. The number of carbonyl (C=O) groups is 1. The molecule has 1 aromatic heterocycles. The summed E-state index contributed by atoms with van der Waals surface area (Å²) in [5.74, 6) is -0.00884. The minimum atomic E-state index is -0.350. The molecule has 2 rings (SSSR count). The lowest BCUT2D eigenvalue weighted by atomic mass is 9.97. The second kappa shape index (κ2) is 4.93. The molecule has 0 saturated heterocycles. The third-order valence-electron chi connectivity index (χ3n) is 1.97. The summed E-state index contributed by atoms with van der Waals surface area (Å²) in [6.45, 7) is 0. The molecular weight excluding hydrogens is 245 g/mol. The number of hydrogen-bond donors (Lipinski definition) is 2. The Balaban J connectivity index is 0.000000845. The van der Waals surface area contributed by atoms with E-state index in [1.54, 1.807) is 0 Å². The molecule has 14 heavy (non-hydrogen) atoms. The number of fused-ring (bicyclic) bond motifs is 1. The average molecular weight is 256 g/mol. The van der Waals surface area contributed by atoms with Crippen molar-refractivity contribution in [3.05, 3.63) is 10.6 Å². The zero-order valence-corrected chi connectivity index (χ0v) is 9.68. The van der Waals surface area contributed by atoms with Crippen molar-refractivity contribution < 1.29 is 4.79 Å². The van der Waals surface area contributed by atoms with Gasteiger partial charge in [0, 0.05) is 0 Å². The molecule has 7 heteroatoms. The van der Waals surface area contributed by atoms with Crippen LogP contribution in [0, 0.1) is 0 Å². The zero-order valence-electron chi connectivity index (χ0n) is 7.23. The van der Waals surface area contributed by atoms with Crippen LogP contribution in [0.15, 0.2) is 0 Å². The first-order chi connectivity index (χ1) is 5.68. The van der Waals surface area contributed by atoms with Crippen LogP contribution in [0.25, 0.3) is 0 Å². The number of rotatable bonds is 0. The highest BCUT2D eigenvalue weighted by atomic mass is 35.5. The molecule has 0 radical (unpaired) electrons. The van der Waals surface area contributed by atoms with E-state index in [1.165, 1.54) is 11.3 Å². The summed E-state index contributed by atoms with van der Waals surface area (Å²) in [4.78, 5) is 16.1. The van der Waals surface area contributed by atoms with E-state index in [1.807, 2.05) is 0 Å². The number of nitrogen functional groups attached to an aromatic ring is 1. The normalized spacial score (nSPS) is 19.2. The number of nitrogens with two attached hydrogens (primary N) is 2. The van der Waals surface area contributed by atoms with Crippen molar-refractivity contribution in [1.29, 1.82) is 0 Å². The summed E-state index contributed by atoms with van der Waals surface area (Å²) >= 11 is 1.24. The Labute approximate surface area is 97.9 Å². The lowest BCUT2D eigenvalue weighted by Crippen LogP contribution is -2.34. The van der Waals surface area contributed by atoms with Crippen LogP contribution >= 0.6 is 36.2 Å². The van der Waals surface area contributed by atoms with Crippen molar-refractivity contribution in [3.8, 4) is 0 Å². The van der Waals surface area contributed by atoms with Gasteiger partial charge in [0.1, 0.15) is 0 Å². The molecule has 4 N–H and O–H groups in total. The topological polar surface area (TPSA) is 82.0 Å². The van der Waals surface area contributed by atoms with E-state index in [-0.39, 0.29) is 36.6 Å². The molecular formula is C7H11Cl2N3OS. The molecule has 4 nitrogen and oxygen atoms in total. The number of aryl methyl sites for hydroxylation is 1. The van der Waals surface area contributed by atoms with Crippen molar-refractivity contribution in [3.63, 3.8) is 0 Å². The number of aromatic nitrogens is 1. The Bertz CT molecular complexity index is 342. The van der Waals surface area contributed by atoms with Gasteiger partial charge in [-0.25, -0.2) is 4.98 Å². The number of anilines is 1. The largest absolute Gasteiger partial charge is 0.375 e. The number of nitrogens with zero attached hydrogens (tertiary/aromatic N) is 1. The molecule has 1 aromatic rings. The second-order valence-corrected chi connectivity index (χ2v) is 3.87. The molecule has 0 fully saturated rings. The molecule has 1 heterocycles. The number of hydrogen-bond acceptors (Lipinski definition) is 5. The van der Waals surface area contributed by atoms with Crippen molar-refractivity contribution in [2.45, 2.75) is 18.9 Å². The number of carbonyl (C=O) groups excluding carboxylic acids is 1. The number of ketones is 1. The van der Waals surface area contributed by atoms with Gasteiger partial charge in [0.05, 0.1) is 16.6 Å². The molecule has 0 bridgehead atoms. The van der Waals surface area contributed by atoms with Crippen LogP contribution in [0.5, 0.6) is 0 Å². The zero-order chi connectivity index (χ0) is 8.72. The molecule has 0 saturated carbocycles. The number of Topliss-reactive ketones (excluding diaryl/α,β-unsaturated/α-hetero) is 1. The van der Waals surface area contributed by atoms with Gasteiger partial charge in [0.2, 0.25) is 0 Å². The first-order valence-corrected chi connectivity index (χ1v) is 4.55. The monoisotopic (exact) mass is 255 g/mol. The predicted octanol–water partition coefficient (Wildman–Crippen LogP) is 1.03. The highest BCUT2D eigenvalue weighted by Gasteiger charge is 2.27. The molecule has 0 aromatic carbocycles. The molecule has 0 spiro atoms. The fraction of sp³-hybridized carbons (Fsp3) is 0.429. The van der Waals surface area contributed by atoms with Crippen molar-refractivity contribution in [2.75, 3.05) is 5.73 Å². The van der Waals surface area contributed by atoms with Gasteiger partial charge in [0.25, 0.3) is 0 Å². The van der Waals surface area contributed by atoms with E-state index in [4.69, 9.17) is 11.5 Å². The van der Waals surface area contributed by atoms with Gasteiger partial charge in [0.15, 0.2) is 10.9 Å². The van der Waals surface area contributed by atoms with Gasteiger partial charge in [-0.1, -0.05) is 11.3 Å². The standard InChI is InChI=1S/C7H9N3OS.2ClH/c8-3-1-2-4-6(5(3)11)12-7(9)10-4;;/h3H,1-2,8H2,(H2,9,10);2*1H. The van der Waals surface area contributed by atoms with Crippen molar-refractivity contribution >= 4 is 47.1 Å². The molecule has 1 aliphatic carbocycles. The number of halogens is 2. The summed E-state index contributed by atoms with van der Waals surface area (Å²) in [6, 6.07) is -0.350. The van der Waals surface area contributed by atoms with E-state index in [0.29, 0.717) is 16.4 Å². The fourth-order valence-corrected chi connectivity index (χ4v) is 2.21. The van der Waals surface area contributed by atoms with Gasteiger partial charge in [-0.05, 0) is 12.8 Å². The quantitative estimate of drug-likeness (QED) is 0.726. The van der Waals surface area contributed by atoms with Crippen LogP contribution in [0.1, 0.15) is 21.8 Å². The highest BCUT2D eigenvalue weighted by molar-refractivity contribution is 7.17. The van der Waals surface area contributed by atoms with Gasteiger partial charge < -0.3 is 11.5 Å². The smallest absolute Gasteiger partial charge is 0.191 e. The summed E-state index contributed by atoms with van der Waals surface area (Å²) in [5, 5.41) is 0.461. The van der Waals surface area contributed by atoms with Gasteiger partial charge in [-0.2, -0.15) is 0 Å². The Hall–Kier alpha value is -0.360. The van der Waals surface area contributed by atoms with E-state index in [0.717, 1.165) is 12.1 Å². The summed E-state index contributed by atoms with van der Waals surface area (Å²) in [7, 11) is 0. The van der Waals surface area contributed by atoms with Gasteiger partial charge >= 0.3 is 0 Å². The lowest BCUT2D eigenvalue weighted by Gasteiger charge is -2.14. The predicted molar refractivity (Wildman–Crippen MR) is 61.6 cm³/mol. The van der Waals surface area contributed by atoms with E-state index < -0.39 is 0 Å². The first-order valence-electron chi connectivity index (χ1n) is 3.73.